The van der Waals surface area contributed by atoms with Crippen molar-refractivity contribution in [2.45, 2.75) is 56.8 Å². The molecule has 0 N–H and O–H groups in total. The molecule has 2 aromatic carbocycles. The third-order valence-corrected chi connectivity index (χ3v) is 8.41. The van der Waals surface area contributed by atoms with Gasteiger partial charge in [0.15, 0.2) is 5.58 Å². The molecule has 0 radical (unpaired) electrons. The number of hydrogen-bond donors (Lipinski definition) is 0. The number of carbonyl (C=O) groups excluding carboxylic acids is 2. The van der Waals surface area contributed by atoms with Crippen LogP contribution in [0.3, 0.4) is 0 Å². The number of aryl methyl sites for hydroxylation is 1. The topological polar surface area (TPSA) is 86.8 Å². The van der Waals surface area contributed by atoms with Crippen molar-refractivity contribution in [2.75, 3.05) is 20.3 Å². The van der Waals surface area contributed by atoms with Crippen LogP contribution in [-0.4, -0.2) is 64.9 Å². The molecule has 216 valence electrons. The van der Waals surface area contributed by atoms with Gasteiger partial charge < -0.3 is 23.4 Å². The lowest BCUT2D eigenvalue weighted by molar-refractivity contribution is -0.148. The molecule has 2 atom stereocenters. The first-order valence-electron chi connectivity index (χ1n) is 14.1. The average Bonchev–Trinajstić information content (AvgIpc) is 3.65. The van der Waals surface area contributed by atoms with Gasteiger partial charge in [-0.1, -0.05) is 6.07 Å². The van der Waals surface area contributed by atoms with Crippen LogP contribution < -0.4 is 0 Å². The highest BCUT2D eigenvalue weighted by molar-refractivity contribution is 5.95. The van der Waals surface area contributed by atoms with E-state index in [2.05, 4.69) is 4.98 Å². The third-order valence-electron chi connectivity index (χ3n) is 8.41. The van der Waals surface area contributed by atoms with Gasteiger partial charge in [0.1, 0.15) is 17.5 Å². The van der Waals surface area contributed by atoms with E-state index >= 15 is 0 Å². The minimum absolute atomic E-state index is 0.00666. The molecule has 2 aliphatic rings. The number of halogens is 2. The van der Waals surface area contributed by atoms with Crippen molar-refractivity contribution in [1.29, 1.82) is 0 Å². The Hall–Kier alpha value is -3.79. The van der Waals surface area contributed by atoms with Crippen molar-refractivity contribution in [3.05, 3.63) is 54.0 Å². The lowest BCUT2D eigenvalue weighted by atomic mass is 9.87. The van der Waals surface area contributed by atoms with Crippen LogP contribution in [0.25, 0.3) is 33.5 Å². The van der Waals surface area contributed by atoms with Gasteiger partial charge >= 0.3 is 5.97 Å². The van der Waals surface area contributed by atoms with E-state index in [1.165, 1.54) is 19.2 Å². The summed E-state index contributed by atoms with van der Waals surface area (Å²) in [6.45, 7) is 0.324. The van der Waals surface area contributed by atoms with E-state index < -0.39 is 6.17 Å². The SMILES string of the molecule is COC(=O)[C@H]1CC[C@H](OC[C@@H]2C[C@H](F)CN2C(=O)Cc2ccc3nc(-c4cn(C)c5ccc(F)cc45)oc3c2)CC1. The predicted octanol–water partition coefficient (Wildman–Crippen LogP) is 5.36. The second-order valence-corrected chi connectivity index (χ2v) is 11.2. The zero-order valence-electron chi connectivity index (χ0n) is 23.1. The Morgan fingerprint density at radius 1 is 1.12 bits per heavy atom. The molecule has 1 aliphatic carbocycles. The summed E-state index contributed by atoms with van der Waals surface area (Å²) in [4.78, 5) is 31.2. The fourth-order valence-electron chi connectivity index (χ4n) is 6.21. The molecule has 0 unspecified atom stereocenters. The maximum absolute atomic E-state index is 14.4. The summed E-state index contributed by atoms with van der Waals surface area (Å²) < 4.78 is 47.3. The lowest BCUT2D eigenvalue weighted by Crippen LogP contribution is -2.40. The summed E-state index contributed by atoms with van der Waals surface area (Å²) in [7, 11) is 3.28. The number of oxazole rings is 1. The van der Waals surface area contributed by atoms with Gasteiger partial charge in [0.25, 0.3) is 0 Å². The molecule has 2 fully saturated rings. The van der Waals surface area contributed by atoms with Gasteiger partial charge in [-0.3, -0.25) is 9.59 Å². The molecule has 3 heterocycles. The molecule has 2 aromatic heterocycles. The van der Waals surface area contributed by atoms with Crippen molar-refractivity contribution in [1.82, 2.24) is 14.5 Å². The average molecular weight is 566 g/mol. The number of amides is 1. The summed E-state index contributed by atoms with van der Waals surface area (Å²) >= 11 is 0. The van der Waals surface area contributed by atoms with E-state index in [0.717, 1.165) is 23.9 Å². The molecule has 1 amide bonds. The minimum Gasteiger partial charge on any atom is -0.469 e. The number of hydrogen-bond acceptors (Lipinski definition) is 6. The first kappa shape index (κ1) is 27.4. The van der Waals surface area contributed by atoms with Crippen LogP contribution in [0.15, 0.2) is 47.0 Å². The number of benzene rings is 2. The maximum atomic E-state index is 14.4. The van der Waals surface area contributed by atoms with Crippen LogP contribution in [0.1, 0.15) is 37.7 Å². The highest BCUT2D eigenvalue weighted by atomic mass is 19.1. The van der Waals surface area contributed by atoms with Gasteiger partial charge in [-0.05, 0) is 61.6 Å². The number of rotatable bonds is 7. The molecule has 0 spiro atoms. The molecule has 10 heteroatoms. The Kier molecular flexibility index (Phi) is 7.50. The number of alkyl halides is 1. The van der Waals surface area contributed by atoms with Gasteiger partial charge in [0.2, 0.25) is 11.8 Å². The van der Waals surface area contributed by atoms with E-state index in [9.17, 15) is 18.4 Å². The maximum Gasteiger partial charge on any atom is 0.308 e. The number of methoxy groups -OCH3 is 1. The Labute approximate surface area is 236 Å². The zero-order chi connectivity index (χ0) is 28.7. The molecule has 6 rings (SSSR count). The van der Waals surface area contributed by atoms with E-state index in [0.29, 0.717) is 40.8 Å². The van der Waals surface area contributed by atoms with Crippen molar-refractivity contribution in [3.63, 3.8) is 0 Å². The first-order chi connectivity index (χ1) is 19.8. The highest BCUT2D eigenvalue weighted by Crippen LogP contribution is 2.33. The second-order valence-electron chi connectivity index (χ2n) is 11.2. The Balaban J connectivity index is 1.12. The quantitative estimate of drug-likeness (QED) is 0.281. The molecular formula is C31H33F2N3O5. The number of esters is 1. The van der Waals surface area contributed by atoms with Crippen molar-refractivity contribution in [2.24, 2.45) is 13.0 Å². The number of likely N-dealkylation sites (tertiary alicyclic amines) is 1. The fraction of sp³-hybridized carbons (Fsp3) is 0.452. The minimum atomic E-state index is -1.09. The van der Waals surface area contributed by atoms with Gasteiger partial charge in [-0.2, -0.15) is 0 Å². The standard InChI is InChI=1S/C31H33F2N3O5/c1-35-16-25(24-14-20(32)6-10-27(24)35)30-34-26-9-3-18(11-28(26)41-30)12-29(37)36-15-21(33)13-22(36)17-40-23-7-4-19(5-8-23)31(38)39-2/h3,6,9-11,14,16,19,21-23H,4-5,7-8,12-13,15,17H2,1-2H3/t19-,21-,22-,23-/m0/s1. The predicted molar refractivity (Wildman–Crippen MR) is 148 cm³/mol. The number of aromatic nitrogens is 2. The van der Waals surface area contributed by atoms with Crippen LogP contribution in [0.2, 0.25) is 0 Å². The second kappa shape index (κ2) is 11.2. The summed E-state index contributed by atoms with van der Waals surface area (Å²) in [5, 5.41) is 0.703. The zero-order valence-corrected chi connectivity index (χ0v) is 23.1. The van der Waals surface area contributed by atoms with E-state index in [1.54, 1.807) is 23.1 Å². The largest absolute Gasteiger partial charge is 0.469 e. The lowest BCUT2D eigenvalue weighted by Gasteiger charge is -2.30. The van der Waals surface area contributed by atoms with E-state index in [1.807, 2.05) is 23.9 Å². The molecule has 1 aliphatic heterocycles. The summed E-state index contributed by atoms with van der Waals surface area (Å²) in [5.41, 5.74) is 3.42. The molecule has 41 heavy (non-hydrogen) atoms. The van der Waals surface area contributed by atoms with Crippen molar-refractivity contribution < 1.29 is 32.3 Å². The van der Waals surface area contributed by atoms with Crippen molar-refractivity contribution in [3.8, 4) is 11.5 Å². The van der Waals surface area contributed by atoms with Crippen LogP contribution in [-0.2, 0) is 32.5 Å². The normalized spacial score (nSPS) is 23.0. The summed E-state index contributed by atoms with van der Waals surface area (Å²) in [5.74, 6) is -0.407. The van der Waals surface area contributed by atoms with Crippen LogP contribution in [0, 0.1) is 11.7 Å². The van der Waals surface area contributed by atoms with Crippen LogP contribution in [0.4, 0.5) is 8.78 Å². The highest BCUT2D eigenvalue weighted by Gasteiger charge is 2.36. The molecule has 1 saturated heterocycles. The van der Waals surface area contributed by atoms with Gasteiger partial charge in [-0.25, -0.2) is 13.8 Å². The first-order valence-corrected chi connectivity index (χ1v) is 14.1. The monoisotopic (exact) mass is 565 g/mol. The number of fused-ring (bicyclic) bond motifs is 2. The van der Waals surface area contributed by atoms with E-state index in [-0.39, 0.29) is 61.8 Å². The Morgan fingerprint density at radius 3 is 2.71 bits per heavy atom. The van der Waals surface area contributed by atoms with E-state index in [4.69, 9.17) is 13.9 Å². The molecule has 4 aromatic rings. The van der Waals surface area contributed by atoms with Gasteiger partial charge in [0, 0.05) is 30.6 Å². The molecule has 0 bridgehead atoms. The Morgan fingerprint density at radius 2 is 1.93 bits per heavy atom. The number of carbonyl (C=O) groups is 2. The number of nitrogens with zero attached hydrogens (tertiary/aromatic N) is 3. The fourth-order valence-corrected chi connectivity index (χ4v) is 6.21. The Bertz CT molecular complexity index is 1590. The summed E-state index contributed by atoms with van der Waals surface area (Å²) in [6, 6.07) is 9.67. The van der Waals surface area contributed by atoms with Gasteiger partial charge in [-0.15, -0.1) is 0 Å². The van der Waals surface area contributed by atoms with Crippen LogP contribution in [0.5, 0.6) is 0 Å². The van der Waals surface area contributed by atoms with Crippen molar-refractivity contribution >= 4 is 33.9 Å². The molecular weight excluding hydrogens is 532 g/mol. The van der Waals surface area contributed by atoms with Gasteiger partial charge in [0.05, 0.1) is 50.3 Å². The number of ether oxygens (including phenoxy) is 2. The smallest absolute Gasteiger partial charge is 0.308 e. The molecule has 8 nitrogen and oxygen atoms in total. The van der Waals surface area contributed by atoms with Crippen LogP contribution >= 0.6 is 0 Å². The summed E-state index contributed by atoms with van der Waals surface area (Å²) in [6.07, 6.45) is 4.00. The molecule has 1 saturated carbocycles. The third kappa shape index (κ3) is 5.57.